The number of halogens is 1. The summed E-state index contributed by atoms with van der Waals surface area (Å²) in [7, 11) is 0. The molecule has 6 heteroatoms. The van der Waals surface area contributed by atoms with Crippen molar-refractivity contribution >= 4 is 5.69 Å². The molecule has 1 aliphatic heterocycles. The predicted molar refractivity (Wildman–Crippen MR) is 59.0 cm³/mol. The van der Waals surface area contributed by atoms with Crippen LogP contribution in [0.4, 0.5) is 10.1 Å². The summed E-state index contributed by atoms with van der Waals surface area (Å²) in [6.45, 7) is 1.69. The summed E-state index contributed by atoms with van der Waals surface area (Å²) in [4.78, 5) is 11.9. The molecule has 1 aromatic carbocycles. The second kappa shape index (κ2) is 4.77. The minimum absolute atomic E-state index is 0.236. The summed E-state index contributed by atoms with van der Waals surface area (Å²) >= 11 is 0. The first-order valence-corrected chi connectivity index (χ1v) is 5.39. The summed E-state index contributed by atoms with van der Waals surface area (Å²) in [6.07, 6.45) is 0.343. The number of aliphatic hydroxyl groups excluding tert-OH is 1. The van der Waals surface area contributed by atoms with Crippen molar-refractivity contribution in [2.45, 2.75) is 19.1 Å². The highest BCUT2D eigenvalue weighted by Crippen LogP contribution is 2.19. The molecular weight excluding hydrogens is 227 g/mol. The van der Waals surface area contributed by atoms with Gasteiger partial charge in [-0.3, -0.25) is 15.0 Å². The van der Waals surface area contributed by atoms with Crippen molar-refractivity contribution in [2.75, 3.05) is 13.1 Å². The molecule has 1 N–H and O–H groups in total. The molecule has 0 spiro atoms. The van der Waals surface area contributed by atoms with E-state index >= 15 is 0 Å². The molecule has 1 atom stereocenters. The average molecular weight is 240 g/mol. The normalized spacial score (nSPS) is 20.7. The van der Waals surface area contributed by atoms with Gasteiger partial charge in [-0.05, 0) is 18.1 Å². The van der Waals surface area contributed by atoms with Gasteiger partial charge in [0, 0.05) is 25.7 Å². The second-order valence-corrected chi connectivity index (χ2v) is 4.25. The van der Waals surface area contributed by atoms with Crippen LogP contribution in [-0.4, -0.2) is 34.1 Å². The summed E-state index contributed by atoms with van der Waals surface area (Å²) < 4.78 is 13.2. The number of hydrogen-bond acceptors (Lipinski definition) is 4. The topological polar surface area (TPSA) is 66.6 Å². The highest BCUT2D eigenvalue weighted by Gasteiger charge is 2.21. The number of β-amino-alcohol motifs (C(OH)–C–C–N with tert-alkyl or cyclic N) is 1. The minimum Gasteiger partial charge on any atom is -0.392 e. The Hall–Kier alpha value is -1.53. The summed E-state index contributed by atoms with van der Waals surface area (Å²) in [5, 5.41) is 19.9. The fraction of sp³-hybridized carbons (Fsp3) is 0.455. The molecule has 17 heavy (non-hydrogen) atoms. The third-order valence-electron chi connectivity index (χ3n) is 2.81. The SMILES string of the molecule is O=[N+]([O-])c1cc(F)cc(CN2CCC(O)C2)c1. The van der Waals surface area contributed by atoms with E-state index in [2.05, 4.69) is 0 Å². The van der Waals surface area contributed by atoms with Gasteiger partial charge in [-0.15, -0.1) is 0 Å². The largest absolute Gasteiger partial charge is 0.392 e. The maximum absolute atomic E-state index is 13.2. The molecule has 1 saturated heterocycles. The van der Waals surface area contributed by atoms with Gasteiger partial charge >= 0.3 is 0 Å². The Morgan fingerprint density at radius 3 is 2.88 bits per heavy atom. The number of rotatable bonds is 3. The summed E-state index contributed by atoms with van der Waals surface area (Å²) in [5.41, 5.74) is 0.325. The molecule has 0 amide bonds. The molecule has 5 nitrogen and oxygen atoms in total. The maximum Gasteiger partial charge on any atom is 0.272 e. The van der Waals surface area contributed by atoms with E-state index < -0.39 is 10.7 Å². The second-order valence-electron chi connectivity index (χ2n) is 4.25. The van der Waals surface area contributed by atoms with E-state index in [-0.39, 0.29) is 11.8 Å². The van der Waals surface area contributed by atoms with E-state index in [0.29, 0.717) is 25.1 Å². The molecule has 2 rings (SSSR count). The lowest BCUT2D eigenvalue weighted by Gasteiger charge is -2.14. The standard InChI is InChI=1S/C11H13FN2O3/c12-9-3-8(4-10(5-9)14(16)17)6-13-2-1-11(15)7-13/h3-5,11,15H,1-2,6-7H2. The smallest absolute Gasteiger partial charge is 0.272 e. The Morgan fingerprint density at radius 2 is 2.29 bits per heavy atom. The van der Waals surface area contributed by atoms with Crippen molar-refractivity contribution in [2.24, 2.45) is 0 Å². The molecular formula is C11H13FN2O3. The van der Waals surface area contributed by atoms with Crippen LogP contribution in [0.2, 0.25) is 0 Å². The van der Waals surface area contributed by atoms with Gasteiger partial charge in [0.2, 0.25) is 0 Å². The number of nitrogens with zero attached hydrogens (tertiary/aromatic N) is 2. The quantitative estimate of drug-likeness (QED) is 0.638. The lowest BCUT2D eigenvalue weighted by molar-refractivity contribution is -0.385. The van der Waals surface area contributed by atoms with Gasteiger partial charge in [0.25, 0.3) is 5.69 Å². The fourth-order valence-electron chi connectivity index (χ4n) is 2.04. The van der Waals surface area contributed by atoms with Crippen LogP contribution >= 0.6 is 0 Å². The van der Waals surface area contributed by atoms with E-state index in [1.807, 2.05) is 4.90 Å². The van der Waals surface area contributed by atoms with Gasteiger partial charge in [-0.1, -0.05) is 0 Å². The van der Waals surface area contributed by atoms with Crippen molar-refractivity contribution in [3.8, 4) is 0 Å². The molecule has 1 fully saturated rings. The Balaban J connectivity index is 2.12. The maximum atomic E-state index is 13.2. The molecule has 1 unspecified atom stereocenters. The van der Waals surface area contributed by atoms with Gasteiger partial charge in [-0.2, -0.15) is 0 Å². The molecule has 92 valence electrons. The first-order valence-electron chi connectivity index (χ1n) is 5.39. The number of nitro groups is 1. The Bertz CT molecular complexity index is 439. The Morgan fingerprint density at radius 1 is 1.53 bits per heavy atom. The van der Waals surface area contributed by atoms with Crippen LogP contribution < -0.4 is 0 Å². The van der Waals surface area contributed by atoms with E-state index in [0.717, 1.165) is 12.6 Å². The first kappa shape index (κ1) is 11.9. The van der Waals surface area contributed by atoms with Crippen LogP contribution in [0.5, 0.6) is 0 Å². The van der Waals surface area contributed by atoms with Crippen LogP contribution in [0.3, 0.4) is 0 Å². The van der Waals surface area contributed by atoms with Crippen LogP contribution in [-0.2, 0) is 6.54 Å². The van der Waals surface area contributed by atoms with Crippen molar-refractivity contribution in [3.05, 3.63) is 39.7 Å². The van der Waals surface area contributed by atoms with Gasteiger partial charge < -0.3 is 5.11 Å². The highest BCUT2D eigenvalue weighted by atomic mass is 19.1. The van der Waals surface area contributed by atoms with Crippen LogP contribution in [0, 0.1) is 15.9 Å². The predicted octanol–water partition coefficient (Wildman–Crippen LogP) is 1.30. The molecule has 0 aromatic heterocycles. The number of aliphatic hydroxyl groups is 1. The molecule has 1 heterocycles. The Labute approximate surface area is 97.6 Å². The zero-order chi connectivity index (χ0) is 12.4. The number of likely N-dealkylation sites (tertiary alicyclic amines) is 1. The summed E-state index contributed by atoms with van der Waals surface area (Å²) in [6, 6.07) is 3.56. The van der Waals surface area contributed by atoms with E-state index in [4.69, 9.17) is 0 Å². The number of benzene rings is 1. The minimum atomic E-state index is -0.606. The third kappa shape index (κ3) is 2.98. The van der Waals surface area contributed by atoms with E-state index in [1.54, 1.807) is 0 Å². The molecule has 0 bridgehead atoms. The fourth-order valence-corrected chi connectivity index (χ4v) is 2.04. The first-order chi connectivity index (χ1) is 8.04. The van der Waals surface area contributed by atoms with Crippen LogP contribution in [0.25, 0.3) is 0 Å². The van der Waals surface area contributed by atoms with Gasteiger partial charge in [-0.25, -0.2) is 4.39 Å². The van der Waals surface area contributed by atoms with Gasteiger partial charge in [0.15, 0.2) is 0 Å². The average Bonchev–Trinajstić information content (AvgIpc) is 2.63. The highest BCUT2D eigenvalue weighted by molar-refractivity contribution is 5.35. The molecule has 0 radical (unpaired) electrons. The monoisotopic (exact) mass is 240 g/mol. The third-order valence-corrected chi connectivity index (χ3v) is 2.81. The molecule has 0 saturated carbocycles. The van der Waals surface area contributed by atoms with Crippen molar-refractivity contribution in [1.29, 1.82) is 0 Å². The van der Waals surface area contributed by atoms with Crippen molar-refractivity contribution < 1.29 is 14.4 Å². The van der Waals surface area contributed by atoms with E-state index in [9.17, 15) is 19.6 Å². The Kier molecular flexibility index (Phi) is 3.35. The number of non-ortho nitro benzene ring substituents is 1. The zero-order valence-electron chi connectivity index (χ0n) is 9.17. The van der Waals surface area contributed by atoms with Crippen molar-refractivity contribution in [1.82, 2.24) is 4.90 Å². The molecule has 1 aromatic rings. The lowest BCUT2D eigenvalue weighted by atomic mass is 10.2. The summed E-state index contributed by atoms with van der Waals surface area (Å²) in [5.74, 6) is -0.603. The molecule has 1 aliphatic rings. The van der Waals surface area contributed by atoms with Crippen molar-refractivity contribution in [3.63, 3.8) is 0 Å². The van der Waals surface area contributed by atoms with Gasteiger partial charge in [0.1, 0.15) is 5.82 Å². The number of nitro benzene ring substituents is 1. The lowest BCUT2D eigenvalue weighted by Crippen LogP contribution is -2.21. The molecule has 0 aliphatic carbocycles. The zero-order valence-corrected chi connectivity index (χ0v) is 9.17. The van der Waals surface area contributed by atoms with Crippen LogP contribution in [0.15, 0.2) is 18.2 Å². The number of hydrogen-bond donors (Lipinski definition) is 1. The van der Waals surface area contributed by atoms with Crippen LogP contribution in [0.1, 0.15) is 12.0 Å². The van der Waals surface area contributed by atoms with Gasteiger partial charge in [0.05, 0.1) is 17.1 Å². The van der Waals surface area contributed by atoms with E-state index in [1.165, 1.54) is 12.1 Å².